The molecule has 0 aromatic carbocycles. The van der Waals surface area contributed by atoms with E-state index in [4.69, 9.17) is 5.73 Å². The number of halogens is 2. The number of hydrogen-bond acceptors (Lipinski definition) is 2. The Balaban J connectivity index is 1.88. The maximum Gasteiger partial charge on any atom is 0.248 e. The Kier molecular flexibility index (Phi) is 4.20. The van der Waals surface area contributed by atoms with Crippen molar-refractivity contribution in [2.75, 3.05) is 13.1 Å². The molecular weight excluding hydrogens is 238 g/mol. The third-order valence-corrected chi connectivity index (χ3v) is 3.94. The van der Waals surface area contributed by atoms with Gasteiger partial charge in [0.05, 0.1) is 0 Å². The third kappa shape index (κ3) is 3.40. The monoisotopic (exact) mass is 260 g/mol. The van der Waals surface area contributed by atoms with Crippen LogP contribution < -0.4 is 5.73 Å². The molecule has 0 heterocycles. The van der Waals surface area contributed by atoms with Gasteiger partial charge < -0.3 is 10.6 Å². The number of amides is 1. The van der Waals surface area contributed by atoms with Gasteiger partial charge in [-0.2, -0.15) is 0 Å². The van der Waals surface area contributed by atoms with Crippen LogP contribution in [0.1, 0.15) is 44.9 Å². The fourth-order valence-corrected chi connectivity index (χ4v) is 2.64. The predicted octanol–water partition coefficient (Wildman–Crippen LogP) is 2.15. The zero-order chi connectivity index (χ0) is 13.2. The smallest absolute Gasteiger partial charge is 0.248 e. The van der Waals surface area contributed by atoms with E-state index in [1.54, 1.807) is 0 Å². The van der Waals surface area contributed by atoms with Crippen molar-refractivity contribution in [3.63, 3.8) is 0 Å². The van der Waals surface area contributed by atoms with Crippen molar-refractivity contribution in [1.29, 1.82) is 0 Å². The van der Waals surface area contributed by atoms with E-state index in [9.17, 15) is 13.6 Å². The highest BCUT2D eigenvalue weighted by Gasteiger charge is 2.41. The van der Waals surface area contributed by atoms with Crippen molar-refractivity contribution in [3.05, 3.63) is 0 Å². The largest absolute Gasteiger partial charge is 0.339 e. The van der Waals surface area contributed by atoms with Crippen molar-refractivity contribution >= 4 is 5.91 Å². The minimum absolute atomic E-state index is 0.0847. The van der Waals surface area contributed by atoms with Crippen LogP contribution in [0, 0.1) is 5.92 Å². The molecule has 0 bridgehead atoms. The van der Waals surface area contributed by atoms with Crippen LogP contribution in [0.25, 0.3) is 0 Å². The molecule has 0 unspecified atom stereocenters. The minimum Gasteiger partial charge on any atom is -0.339 e. The standard InChI is InChI=1S/C13H22F2N2O/c14-13(15)6-4-10(5-7-13)12(18)17(9-1-8-16)11-2-3-11/h10-11H,1-9,16H2. The summed E-state index contributed by atoms with van der Waals surface area (Å²) in [6, 6.07) is 0.353. The summed E-state index contributed by atoms with van der Waals surface area (Å²) in [7, 11) is 0. The molecule has 0 atom stereocenters. The van der Waals surface area contributed by atoms with Crippen LogP contribution in [-0.2, 0) is 4.79 Å². The zero-order valence-corrected chi connectivity index (χ0v) is 10.7. The fourth-order valence-electron chi connectivity index (χ4n) is 2.64. The van der Waals surface area contributed by atoms with Crippen LogP contribution in [-0.4, -0.2) is 35.9 Å². The molecule has 1 amide bonds. The second-order valence-corrected chi connectivity index (χ2v) is 5.54. The van der Waals surface area contributed by atoms with E-state index in [-0.39, 0.29) is 24.7 Å². The molecule has 2 aliphatic rings. The second-order valence-electron chi connectivity index (χ2n) is 5.54. The highest BCUT2D eigenvalue weighted by molar-refractivity contribution is 5.79. The number of alkyl halides is 2. The maximum absolute atomic E-state index is 13.1. The van der Waals surface area contributed by atoms with Gasteiger partial charge in [-0.1, -0.05) is 0 Å². The van der Waals surface area contributed by atoms with Crippen LogP contribution in [0.3, 0.4) is 0 Å². The number of nitrogens with two attached hydrogens (primary N) is 1. The molecule has 3 nitrogen and oxygen atoms in total. The van der Waals surface area contributed by atoms with Crippen molar-refractivity contribution in [3.8, 4) is 0 Å². The summed E-state index contributed by atoms with van der Waals surface area (Å²) in [4.78, 5) is 14.2. The van der Waals surface area contributed by atoms with Gasteiger partial charge in [0.1, 0.15) is 0 Å². The summed E-state index contributed by atoms with van der Waals surface area (Å²) in [6.07, 6.45) is 3.29. The highest BCUT2D eigenvalue weighted by atomic mass is 19.3. The fraction of sp³-hybridized carbons (Fsp3) is 0.923. The van der Waals surface area contributed by atoms with Crippen molar-refractivity contribution in [2.45, 2.75) is 56.9 Å². The van der Waals surface area contributed by atoms with Crippen LogP contribution in [0.2, 0.25) is 0 Å². The average Bonchev–Trinajstić information content (AvgIpc) is 3.13. The summed E-state index contributed by atoms with van der Waals surface area (Å²) in [6.45, 7) is 1.26. The van der Waals surface area contributed by atoms with E-state index in [2.05, 4.69) is 0 Å². The number of carbonyl (C=O) groups excluding carboxylic acids is 1. The zero-order valence-electron chi connectivity index (χ0n) is 10.7. The Bertz CT molecular complexity index is 295. The van der Waals surface area contributed by atoms with Crippen LogP contribution >= 0.6 is 0 Å². The van der Waals surface area contributed by atoms with Gasteiger partial charge in [0.25, 0.3) is 0 Å². The van der Waals surface area contributed by atoms with Gasteiger partial charge in [-0.05, 0) is 38.6 Å². The van der Waals surface area contributed by atoms with E-state index in [1.165, 1.54) is 0 Å². The maximum atomic E-state index is 13.1. The van der Waals surface area contributed by atoms with Gasteiger partial charge >= 0.3 is 0 Å². The average molecular weight is 260 g/mol. The Morgan fingerprint density at radius 3 is 2.33 bits per heavy atom. The Hall–Kier alpha value is -0.710. The Morgan fingerprint density at radius 1 is 1.22 bits per heavy atom. The molecule has 0 aromatic rings. The molecule has 2 fully saturated rings. The van der Waals surface area contributed by atoms with E-state index in [1.807, 2.05) is 4.90 Å². The van der Waals surface area contributed by atoms with E-state index < -0.39 is 5.92 Å². The number of rotatable bonds is 5. The summed E-state index contributed by atoms with van der Waals surface area (Å²) in [5, 5.41) is 0. The molecule has 2 N–H and O–H groups in total. The first kappa shape index (κ1) is 13.7. The van der Waals surface area contributed by atoms with Gasteiger partial charge in [0.15, 0.2) is 0 Å². The quantitative estimate of drug-likeness (QED) is 0.823. The molecule has 0 aliphatic heterocycles. The molecule has 2 saturated carbocycles. The lowest BCUT2D eigenvalue weighted by Crippen LogP contribution is -2.41. The topological polar surface area (TPSA) is 46.3 Å². The molecule has 2 rings (SSSR count). The van der Waals surface area contributed by atoms with Crippen LogP contribution in [0.15, 0.2) is 0 Å². The van der Waals surface area contributed by atoms with Gasteiger partial charge in [-0.25, -0.2) is 8.78 Å². The summed E-state index contributed by atoms with van der Waals surface area (Å²) >= 11 is 0. The molecular formula is C13H22F2N2O. The molecule has 104 valence electrons. The first-order valence-electron chi connectivity index (χ1n) is 6.92. The number of nitrogens with zero attached hydrogens (tertiary/aromatic N) is 1. The Morgan fingerprint density at radius 2 is 1.83 bits per heavy atom. The van der Waals surface area contributed by atoms with Crippen LogP contribution in [0.4, 0.5) is 8.78 Å². The number of hydrogen-bond donors (Lipinski definition) is 1. The lowest BCUT2D eigenvalue weighted by molar-refractivity contribution is -0.140. The SMILES string of the molecule is NCCCN(C(=O)C1CCC(F)(F)CC1)C1CC1. The van der Waals surface area contributed by atoms with Gasteiger partial charge in [0.2, 0.25) is 11.8 Å². The Labute approximate surface area is 107 Å². The van der Waals surface area contributed by atoms with E-state index in [0.29, 0.717) is 32.0 Å². The molecule has 0 saturated heterocycles. The first-order chi connectivity index (χ1) is 8.53. The lowest BCUT2D eigenvalue weighted by atomic mass is 9.86. The van der Waals surface area contributed by atoms with Crippen molar-refractivity contribution < 1.29 is 13.6 Å². The number of carbonyl (C=O) groups is 1. The second kappa shape index (κ2) is 5.51. The van der Waals surface area contributed by atoms with Gasteiger partial charge in [0, 0.05) is 31.3 Å². The summed E-state index contributed by atoms with van der Waals surface area (Å²) < 4.78 is 26.1. The normalized spacial score (nSPS) is 23.9. The van der Waals surface area contributed by atoms with Gasteiger partial charge in [-0.15, -0.1) is 0 Å². The molecule has 0 radical (unpaired) electrons. The minimum atomic E-state index is -2.56. The molecule has 5 heteroatoms. The summed E-state index contributed by atoms with van der Waals surface area (Å²) in [5.74, 6) is -2.66. The van der Waals surface area contributed by atoms with E-state index in [0.717, 1.165) is 19.3 Å². The van der Waals surface area contributed by atoms with Crippen molar-refractivity contribution in [2.24, 2.45) is 11.7 Å². The predicted molar refractivity (Wildman–Crippen MR) is 65.3 cm³/mol. The lowest BCUT2D eigenvalue weighted by Gasteiger charge is -2.32. The van der Waals surface area contributed by atoms with E-state index >= 15 is 0 Å². The summed E-state index contributed by atoms with van der Waals surface area (Å²) in [5.41, 5.74) is 5.47. The third-order valence-electron chi connectivity index (χ3n) is 3.94. The molecule has 18 heavy (non-hydrogen) atoms. The molecule has 2 aliphatic carbocycles. The van der Waals surface area contributed by atoms with Gasteiger partial charge in [-0.3, -0.25) is 4.79 Å². The highest BCUT2D eigenvalue weighted by Crippen LogP contribution is 2.38. The van der Waals surface area contributed by atoms with Crippen molar-refractivity contribution in [1.82, 2.24) is 4.90 Å². The molecule has 0 spiro atoms. The molecule has 0 aromatic heterocycles. The first-order valence-corrected chi connectivity index (χ1v) is 6.92. The van der Waals surface area contributed by atoms with Crippen LogP contribution in [0.5, 0.6) is 0 Å².